The van der Waals surface area contributed by atoms with Gasteiger partial charge in [0, 0.05) is 17.1 Å². The van der Waals surface area contributed by atoms with Gasteiger partial charge in [-0.2, -0.15) is 4.83 Å². The Morgan fingerprint density at radius 2 is 2.00 bits per heavy atom. The zero-order chi connectivity index (χ0) is 15.4. The van der Waals surface area contributed by atoms with E-state index in [0.29, 0.717) is 0 Å². The predicted molar refractivity (Wildman–Crippen MR) is 91.0 cm³/mol. The van der Waals surface area contributed by atoms with Crippen LogP contribution in [-0.4, -0.2) is 37.1 Å². The summed E-state index contributed by atoms with van der Waals surface area (Å²) in [7, 11) is 2.11. The van der Waals surface area contributed by atoms with E-state index in [9.17, 15) is 4.79 Å². The van der Waals surface area contributed by atoms with Crippen LogP contribution >= 0.6 is 11.9 Å². The number of amides is 2. The van der Waals surface area contributed by atoms with Crippen LogP contribution in [0.15, 0.2) is 29.7 Å². The Bertz CT molecular complexity index is 552. The van der Waals surface area contributed by atoms with Gasteiger partial charge in [0.1, 0.15) is 0 Å². The van der Waals surface area contributed by atoms with E-state index in [1.165, 1.54) is 11.9 Å². The first kappa shape index (κ1) is 15.2. The highest BCUT2D eigenvalue weighted by atomic mass is 32.2. The molecule has 7 heteroatoms. The van der Waals surface area contributed by atoms with E-state index in [-0.39, 0.29) is 12.1 Å². The molecule has 4 N–H and O–H groups in total. The van der Waals surface area contributed by atoms with Crippen LogP contribution in [0.2, 0.25) is 0 Å². The summed E-state index contributed by atoms with van der Waals surface area (Å²) in [6.07, 6.45) is 2.01. The summed E-state index contributed by atoms with van der Waals surface area (Å²) in [6, 6.07) is 7.93. The van der Waals surface area contributed by atoms with E-state index in [2.05, 4.69) is 32.8 Å². The quantitative estimate of drug-likeness (QED) is 0.641. The van der Waals surface area contributed by atoms with Gasteiger partial charge in [-0.05, 0) is 62.6 Å². The smallest absolute Gasteiger partial charge is 0.319 e. The molecule has 0 atom stereocenters. The lowest BCUT2D eigenvalue weighted by atomic mass is 10.1. The van der Waals surface area contributed by atoms with Crippen LogP contribution in [0.1, 0.15) is 18.4 Å². The van der Waals surface area contributed by atoms with Gasteiger partial charge >= 0.3 is 6.03 Å². The molecule has 2 amide bonds. The standard InChI is InChI=1S/C15H21N5OS/c1-20-8-6-13(7-9-20)17-15(21)16-12-4-2-11(3-5-12)14-10-22-19-18-14/h2-5,10,13,18-19H,6-9H2,1H3,(H2,16,17,21). The largest absolute Gasteiger partial charge is 0.335 e. The summed E-state index contributed by atoms with van der Waals surface area (Å²) in [6.45, 7) is 2.07. The lowest BCUT2D eigenvalue weighted by Gasteiger charge is -2.29. The third kappa shape index (κ3) is 3.94. The first-order valence-electron chi connectivity index (χ1n) is 7.44. The first-order valence-corrected chi connectivity index (χ1v) is 8.32. The molecule has 0 unspecified atom stereocenters. The fourth-order valence-corrected chi connectivity index (χ4v) is 3.12. The van der Waals surface area contributed by atoms with Crippen molar-refractivity contribution in [3.8, 4) is 0 Å². The molecular formula is C15H21N5OS. The minimum absolute atomic E-state index is 0.127. The molecule has 0 radical (unpaired) electrons. The molecule has 118 valence electrons. The molecule has 2 aliphatic heterocycles. The molecule has 0 aromatic heterocycles. The number of carbonyl (C=O) groups excluding carboxylic acids is 1. The van der Waals surface area contributed by atoms with Crippen molar-refractivity contribution in [3.63, 3.8) is 0 Å². The number of hydrogen-bond acceptors (Lipinski definition) is 5. The van der Waals surface area contributed by atoms with E-state index in [4.69, 9.17) is 0 Å². The van der Waals surface area contributed by atoms with Crippen LogP contribution in [0.5, 0.6) is 0 Å². The molecule has 1 aromatic rings. The van der Waals surface area contributed by atoms with Crippen LogP contribution in [0, 0.1) is 0 Å². The molecule has 1 saturated heterocycles. The number of anilines is 1. The third-order valence-corrected chi connectivity index (χ3v) is 4.50. The van der Waals surface area contributed by atoms with Crippen LogP contribution in [0.4, 0.5) is 10.5 Å². The third-order valence-electron chi connectivity index (χ3n) is 3.93. The zero-order valence-electron chi connectivity index (χ0n) is 12.6. The maximum Gasteiger partial charge on any atom is 0.319 e. The lowest BCUT2D eigenvalue weighted by molar-refractivity contribution is 0.221. The van der Waals surface area contributed by atoms with Gasteiger partial charge in [0.15, 0.2) is 0 Å². The number of likely N-dealkylation sites (tertiary alicyclic amines) is 1. The topological polar surface area (TPSA) is 68.4 Å². The van der Waals surface area contributed by atoms with Crippen LogP contribution in [0.3, 0.4) is 0 Å². The SMILES string of the molecule is CN1CCC(NC(=O)Nc2ccc(C3=CSNN3)cc2)CC1. The number of piperidine rings is 1. The minimum Gasteiger partial charge on any atom is -0.335 e. The molecule has 3 rings (SSSR count). The summed E-state index contributed by atoms with van der Waals surface area (Å²) in [5, 5.41) is 7.95. The maximum absolute atomic E-state index is 12.0. The Balaban J connectivity index is 1.51. The number of hydrazine groups is 1. The van der Waals surface area contributed by atoms with E-state index in [1.54, 1.807) is 0 Å². The van der Waals surface area contributed by atoms with E-state index in [0.717, 1.165) is 42.9 Å². The number of benzene rings is 1. The second-order valence-corrected chi connectivity index (χ2v) is 6.31. The first-order chi connectivity index (χ1) is 10.7. The average Bonchev–Trinajstić information content (AvgIpc) is 3.05. The van der Waals surface area contributed by atoms with Gasteiger partial charge in [0.05, 0.1) is 5.70 Å². The van der Waals surface area contributed by atoms with E-state index < -0.39 is 0 Å². The van der Waals surface area contributed by atoms with Crippen molar-refractivity contribution >= 4 is 29.4 Å². The average molecular weight is 319 g/mol. The van der Waals surface area contributed by atoms with Gasteiger partial charge < -0.3 is 21.0 Å². The Kier molecular flexibility index (Phi) is 4.87. The predicted octanol–water partition coefficient (Wildman–Crippen LogP) is 1.96. The highest BCUT2D eigenvalue weighted by Gasteiger charge is 2.18. The highest BCUT2D eigenvalue weighted by molar-refractivity contribution is 8.00. The van der Waals surface area contributed by atoms with Gasteiger partial charge in [0.2, 0.25) is 0 Å². The summed E-state index contributed by atoms with van der Waals surface area (Å²) < 4.78 is 0. The zero-order valence-corrected chi connectivity index (χ0v) is 13.4. The van der Waals surface area contributed by atoms with E-state index >= 15 is 0 Å². The highest BCUT2D eigenvalue weighted by Crippen LogP contribution is 2.20. The number of nitrogens with one attached hydrogen (secondary N) is 4. The van der Waals surface area contributed by atoms with Crippen molar-refractivity contribution < 1.29 is 4.79 Å². The Labute approximate surface area is 134 Å². The van der Waals surface area contributed by atoms with Gasteiger partial charge in [-0.3, -0.25) is 0 Å². The second kappa shape index (κ2) is 7.04. The van der Waals surface area contributed by atoms with Crippen molar-refractivity contribution in [2.75, 3.05) is 25.5 Å². The molecule has 0 bridgehead atoms. The fraction of sp³-hybridized carbons (Fsp3) is 0.400. The molecular weight excluding hydrogens is 298 g/mol. The molecule has 1 fully saturated rings. The lowest BCUT2D eigenvalue weighted by Crippen LogP contribution is -2.44. The van der Waals surface area contributed by atoms with Gasteiger partial charge in [-0.1, -0.05) is 12.1 Å². The van der Waals surface area contributed by atoms with Crippen molar-refractivity contribution in [3.05, 3.63) is 35.2 Å². The normalized spacial score (nSPS) is 19.4. The van der Waals surface area contributed by atoms with Crippen molar-refractivity contribution in [2.45, 2.75) is 18.9 Å². The molecule has 22 heavy (non-hydrogen) atoms. The number of carbonyl (C=O) groups is 1. The minimum atomic E-state index is -0.127. The van der Waals surface area contributed by atoms with Crippen molar-refractivity contribution in [2.24, 2.45) is 0 Å². The van der Waals surface area contributed by atoms with Gasteiger partial charge in [-0.25, -0.2) is 4.79 Å². The molecule has 1 aromatic carbocycles. The number of urea groups is 1. The van der Waals surface area contributed by atoms with Crippen molar-refractivity contribution in [1.82, 2.24) is 20.5 Å². The Morgan fingerprint density at radius 3 is 2.64 bits per heavy atom. The van der Waals surface area contributed by atoms with Gasteiger partial charge in [0.25, 0.3) is 0 Å². The van der Waals surface area contributed by atoms with Gasteiger partial charge in [-0.15, -0.1) is 0 Å². The van der Waals surface area contributed by atoms with Crippen LogP contribution in [-0.2, 0) is 0 Å². The Hall–Kier alpha value is -1.70. The maximum atomic E-state index is 12.0. The summed E-state index contributed by atoms with van der Waals surface area (Å²) in [5.74, 6) is 0. The summed E-state index contributed by atoms with van der Waals surface area (Å²) >= 11 is 1.51. The van der Waals surface area contributed by atoms with Crippen LogP contribution < -0.4 is 20.9 Å². The number of rotatable bonds is 3. The molecule has 0 saturated carbocycles. The molecule has 2 heterocycles. The Morgan fingerprint density at radius 1 is 1.27 bits per heavy atom. The monoisotopic (exact) mass is 319 g/mol. The summed E-state index contributed by atoms with van der Waals surface area (Å²) in [5.41, 5.74) is 5.98. The van der Waals surface area contributed by atoms with Crippen LogP contribution in [0.25, 0.3) is 5.70 Å². The van der Waals surface area contributed by atoms with E-state index in [1.807, 2.05) is 29.7 Å². The second-order valence-electron chi connectivity index (χ2n) is 5.63. The number of nitrogens with zero attached hydrogens (tertiary/aromatic N) is 1. The molecule has 0 spiro atoms. The summed E-state index contributed by atoms with van der Waals surface area (Å²) in [4.78, 5) is 17.3. The number of hydrogen-bond donors (Lipinski definition) is 4. The fourth-order valence-electron chi connectivity index (χ4n) is 2.58. The molecule has 6 nitrogen and oxygen atoms in total. The molecule has 2 aliphatic rings. The molecule has 0 aliphatic carbocycles. The van der Waals surface area contributed by atoms with Crippen molar-refractivity contribution in [1.29, 1.82) is 0 Å².